The standard InChI is InChI=1S/C26H23FN6O4S/c1-13-6-16(24-19(7-13)32-23(35-3)11-30-24)25-33-18-8-17(27)20(9-21(18)38-25)37-14(2)12-36-26(34)31-15-4-5-22(28)29-10-15/h4-11,14H,12H2,1-3H3,(H2,28,29)(H,31,34)/t14-/m0/s1. The second-order valence-electron chi connectivity index (χ2n) is 8.49. The van der Waals surface area contributed by atoms with Crippen molar-refractivity contribution in [2.75, 3.05) is 24.8 Å². The lowest BCUT2D eigenvalue weighted by molar-refractivity contribution is 0.0969. The average Bonchev–Trinajstić information content (AvgIpc) is 3.30. The van der Waals surface area contributed by atoms with Gasteiger partial charge in [0.25, 0.3) is 0 Å². The third-order valence-electron chi connectivity index (χ3n) is 5.46. The van der Waals surface area contributed by atoms with Crippen LogP contribution in [-0.2, 0) is 4.74 Å². The number of pyridine rings is 1. The fraction of sp³-hybridized carbons (Fsp3) is 0.192. The molecule has 0 aliphatic heterocycles. The topological polar surface area (TPSA) is 134 Å². The summed E-state index contributed by atoms with van der Waals surface area (Å²) in [5, 5.41) is 3.21. The van der Waals surface area contributed by atoms with Gasteiger partial charge in [0.1, 0.15) is 23.5 Å². The maximum atomic E-state index is 14.9. The number of methoxy groups -OCH3 is 1. The first-order valence-electron chi connectivity index (χ1n) is 11.5. The van der Waals surface area contributed by atoms with Crippen LogP contribution in [0.1, 0.15) is 12.5 Å². The number of aromatic nitrogens is 4. The number of amides is 1. The highest BCUT2D eigenvalue weighted by molar-refractivity contribution is 7.21. The number of hydrogen-bond acceptors (Lipinski definition) is 10. The fourth-order valence-electron chi connectivity index (χ4n) is 3.72. The number of benzene rings is 2. The maximum Gasteiger partial charge on any atom is 0.411 e. The molecule has 0 aliphatic rings. The number of hydrogen-bond donors (Lipinski definition) is 2. The van der Waals surface area contributed by atoms with Crippen LogP contribution in [0.3, 0.4) is 0 Å². The van der Waals surface area contributed by atoms with Gasteiger partial charge in [-0.05, 0) is 43.7 Å². The van der Waals surface area contributed by atoms with Crippen molar-refractivity contribution in [1.82, 2.24) is 19.9 Å². The van der Waals surface area contributed by atoms with Gasteiger partial charge in [0.15, 0.2) is 11.6 Å². The van der Waals surface area contributed by atoms with Gasteiger partial charge >= 0.3 is 6.09 Å². The van der Waals surface area contributed by atoms with Crippen LogP contribution in [0.4, 0.5) is 20.7 Å². The predicted molar refractivity (Wildman–Crippen MR) is 143 cm³/mol. The molecular formula is C26H23FN6O4S. The number of carbonyl (C=O) groups is 1. The van der Waals surface area contributed by atoms with Crippen LogP contribution in [-0.4, -0.2) is 45.8 Å². The lowest BCUT2D eigenvalue weighted by atomic mass is 10.1. The van der Waals surface area contributed by atoms with Gasteiger partial charge in [0, 0.05) is 17.7 Å². The predicted octanol–water partition coefficient (Wildman–Crippen LogP) is 5.36. The van der Waals surface area contributed by atoms with Crippen molar-refractivity contribution in [2.24, 2.45) is 0 Å². The van der Waals surface area contributed by atoms with Crippen LogP contribution >= 0.6 is 11.3 Å². The minimum absolute atomic E-state index is 0.0329. The normalized spacial score (nSPS) is 11.9. The van der Waals surface area contributed by atoms with Crippen LogP contribution in [0.5, 0.6) is 11.6 Å². The van der Waals surface area contributed by atoms with E-state index in [1.165, 1.54) is 30.7 Å². The summed E-state index contributed by atoms with van der Waals surface area (Å²) in [7, 11) is 1.54. The number of nitrogens with one attached hydrogen (secondary N) is 1. The van der Waals surface area contributed by atoms with Crippen molar-refractivity contribution < 1.29 is 23.4 Å². The first-order chi connectivity index (χ1) is 18.3. The quantitative estimate of drug-likeness (QED) is 0.283. The molecule has 1 atom stereocenters. The Morgan fingerprint density at radius 3 is 2.74 bits per heavy atom. The van der Waals surface area contributed by atoms with E-state index in [9.17, 15) is 9.18 Å². The van der Waals surface area contributed by atoms with Gasteiger partial charge in [-0.1, -0.05) is 0 Å². The van der Waals surface area contributed by atoms with Gasteiger partial charge in [0.2, 0.25) is 5.88 Å². The summed E-state index contributed by atoms with van der Waals surface area (Å²) in [6.07, 6.45) is 1.65. The molecule has 3 aromatic heterocycles. The molecule has 0 fully saturated rings. The van der Waals surface area contributed by atoms with E-state index in [1.807, 2.05) is 19.1 Å². The molecular weight excluding hydrogens is 511 g/mol. The van der Waals surface area contributed by atoms with Gasteiger partial charge in [0.05, 0.1) is 46.4 Å². The summed E-state index contributed by atoms with van der Waals surface area (Å²) in [4.78, 5) is 29.5. The molecule has 3 heterocycles. The van der Waals surface area contributed by atoms with E-state index in [4.69, 9.17) is 19.9 Å². The Bertz CT molecular complexity index is 1640. The van der Waals surface area contributed by atoms with E-state index in [1.54, 1.807) is 31.3 Å². The first kappa shape index (κ1) is 25.1. The smallest absolute Gasteiger partial charge is 0.411 e. The molecule has 0 unspecified atom stereocenters. The van der Waals surface area contributed by atoms with Gasteiger partial charge < -0.3 is 19.9 Å². The van der Waals surface area contributed by atoms with Crippen LogP contribution < -0.4 is 20.5 Å². The molecule has 38 heavy (non-hydrogen) atoms. The zero-order valence-corrected chi connectivity index (χ0v) is 21.5. The Morgan fingerprint density at radius 2 is 1.97 bits per heavy atom. The molecule has 10 nitrogen and oxygen atoms in total. The number of nitrogen functional groups attached to an aromatic ring is 1. The highest BCUT2D eigenvalue weighted by atomic mass is 32.1. The van der Waals surface area contributed by atoms with Crippen LogP contribution in [0.25, 0.3) is 31.8 Å². The Balaban J connectivity index is 1.32. The molecule has 0 spiro atoms. The average molecular weight is 535 g/mol. The summed E-state index contributed by atoms with van der Waals surface area (Å²) in [5.41, 5.74) is 9.58. The molecule has 194 valence electrons. The minimum Gasteiger partial charge on any atom is -0.484 e. The fourth-order valence-corrected chi connectivity index (χ4v) is 4.71. The second-order valence-corrected chi connectivity index (χ2v) is 9.52. The number of ether oxygens (including phenoxy) is 3. The highest BCUT2D eigenvalue weighted by Crippen LogP contribution is 2.37. The summed E-state index contributed by atoms with van der Waals surface area (Å²) in [5.74, 6) is 0.211. The summed E-state index contributed by atoms with van der Waals surface area (Å²) >= 11 is 1.39. The number of nitrogens with zero attached hydrogens (tertiary/aromatic N) is 4. The number of nitrogens with two attached hydrogens (primary N) is 1. The SMILES string of the molecule is COc1cnc2c(-c3nc4cc(F)c(O[C@@H](C)COC(=O)Nc5ccc(N)nc5)cc4s3)cc(C)cc2n1. The van der Waals surface area contributed by atoms with Crippen molar-refractivity contribution in [3.05, 3.63) is 60.2 Å². The molecule has 2 aromatic carbocycles. The maximum absolute atomic E-state index is 14.9. The largest absolute Gasteiger partial charge is 0.484 e. The lowest BCUT2D eigenvalue weighted by Gasteiger charge is -2.15. The Morgan fingerprint density at radius 1 is 1.13 bits per heavy atom. The van der Waals surface area contributed by atoms with Gasteiger partial charge in [-0.15, -0.1) is 11.3 Å². The Kier molecular flexibility index (Phi) is 6.88. The molecule has 0 saturated heterocycles. The molecule has 0 bridgehead atoms. The van der Waals surface area contributed by atoms with Crippen LogP contribution in [0.2, 0.25) is 0 Å². The monoisotopic (exact) mass is 534 g/mol. The van der Waals surface area contributed by atoms with E-state index in [0.717, 1.165) is 15.8 Å². The lowest BCUT2D eigenvalue weighted by Crippen LogP contribution is -2.24. The molecule has 5 rings (SSSR count). The summed E-state index contributed by atoms with van der Waals surface area (Å²) in [6.45, 7) is 3.53. The van der Waals surface area contributed by atoms with E-state index in [2.05, 4.69) is 25.3 Å². The zero-order chi connectivity index (χ0) is 26.8. The number of carbonyl (C=O) groups excluding carboxylic acids is 1. The number of rotatable bonds is 7. The molecule has 1 amide bonds. The molecule has 0 radical (unpaired) electrons. The second kappa shape index (κ2) is 10.4. The number of fused-ring (bicyclic) bond motifs is 2. The van der Waals surface area contributed by atoms with Crippen LogP contribution in [0.15, 0.2) is 48.8 Å². The molecule has 3 N–H and O–H groups in total. The summed E-state index contributed by atoms with van der Waals surface area (Å²) in [6, 6.07) is 9.96. The number of halogens is 1. The Hall–Kier alpha value is -4.58. The number of anilines is 2. The van der Waals surface area contributed by atoms with Crippen LogP contribution in [0, 0.1) is 12.7 Å². The molecule has 12 heteroatoms. The molecule has 5 aromatic rings. The highest BCUT2D eigenvalue weighted by Gasteiger charge is 2.17. The van der Waals surface area contributed by atoms with E-state index < -0.39 is 18.0 Å². The third-order valence-corrected chi connectivity index (χ3v) is 6.51. The molecule has 0 saturated carbocycles. The Labute approximate surface area is 220 Å². The third kappa shape index (κ3) is 5.39. The summed E-state index contributed by atoms with van der Waals surface area (Å²) < 4.78 is 31.7. The van der Waals surface area contributed by atoms with Crippen molar-refractivity contribution in [1.29, 1.82) is 0 Å². The first-order valence-corrected chi connectivity index (χ1v) is 12.3. The molecule has 0 aliphatic carbocycles. The minimum atomic E-state index is -0.693. The van der Waals surface area contributed by atoms with E-state index in [-0.39, 0.29) is 12.4 Å². The van der Waals surface area contributed by atoms with Gasteiger partial charge in [-0.3, -0.25) is 5.32 Å². The van der Waals surface area contributed by atoms with Crippen molar-refractivity contribution >= 4 is 50.2 Å². The van der Waals surface area contributed by atoms with Crippen molar-refractivity contribution in [3.8, 4) is 22.2 Å². The van der Waals surface area contributed by atoms with Gasteiger partial charge in [-0.2, -0.15) is 0 Å². The van der Waals surface area contributed by atoms with Gasteiger partial charge in [-0.25, -0.2) is 29.1 Å². The van der Waals surface area contributed by atoms with E-state index >= 15 is 0 Å². The van der Waals surface area contributed by atoms with Crippen molar-refractivity contribution in [3.63, 3.8) is 0 Å². The van der Waals surface area contributed by atoms with Crippen molar-refractivity contribution in [2.45, 2.75) is 20.0 Å². The number of aryl methyl sites for hydroxylation is 1. The zero-order valence-electron chi connectivity index (χ0n) is 20.7. The van der Waals surface area contributed by atoms with E-state index in [0.29, 0.717) is 38.9 Å². The number of thiazole rings is 1.